The molecule has 136 valence electrons. The summed E-state index contributed by atoms with van der Waals surface area (Å²) in [5, 5.41) is 3.44. The lowest BCUT2D eigenvalue weighted by atomic mass is 10.1. The fourth-order valence-corrected chi connectivity index (χ4v) is 2.87. The van der Waals surface area contributed by atoms with Crippen LogP contribution in [0.15, 0.2) is 30.3 Å². The molecular formula is C18H19N3O5. The third-order valence-corrected chi connectivity index (χ3v) is 4.07. The normalized spacial score (nSPS) is 13.8. The van der Waals surface area contributed by atoms with Crippen molar-refractivity contribution in [3.8, 4) is 5.75 Å². The average molecular weight is 357 g/mol. The van der Waals surface area contributed by atoms with Crippen molar-refractivity contribution in [3.05, 3.63) is 36.0 Å². The van der Waals surface area contributed by atoms with Crippen molar-refractivity contribution >= 4 is 28.7 Å². The molecule has 0 saturated carbocycles. The number of esters is 1. The molecule has 1 aromatic carbocycles. The van der Waals surface area contributed by atoms with E-state index in [9.17, 15) is 14.4 Å². The quantitative estimate of drug-likeness (QED) is 0.769. The molecule has 0 aliphatic carbocycles. The molecule has 1 aromatic heterocycles. The SMILES string of the molecule is COc1cc(C(=O)N2CCCN2C(=O)COC(C)=O)nc2ccccc12. The van der Waals surface area contributed by atoms with Crippen LogP contribution in [0.3, 0.4) is 0 Å². The molecule has 8 nitrogen and oxygen atoms in total. The Bertz CT molecular complexity index is 867. The zero-order valence-corrected chi connectivity index (χ0v) is 14.6. The molecule has 0 unspecified atom stereocenters. The lowest BCUT2D eigenvalue weighted by molar-refractivity contribution is -0.155. The molecule has 0 spiro atoms. The third-order valence-electron chi connectivity index (χ3n) is 4.07. The highest BCUT2D eigenvalue weighted by molar-refractivity contribution is 5.98. The number of benzene rings is 1. The Kier molecular flexibility index (Phi) is 5.01. The van der Waals surface area contributed by atoms with Crippen molar-refractivity contribution in [3.63, 3.8) is 0 Å². The first-order valence-electron chi connectivity index (χ1n) is 8.20. The van der Waals surface area contributed by atoms with Crippen LogP contribution >= 0.6 is 0 Å². The first-order valence-corrected chi connectivity index (χ1v) is 8.20. The van der Waals surface area contributed by atoms with Gasteiger partial charge in [0.2, 0.25) is 0 Å². The minimum Gasteiger partial charge on any atom is -0.496 e. The second-order valence-electron chi connectivity index (χ2n) is 5.81. The van der Waals surface area contributed by atoms with E-state index in [1.807, 2.05) is 18.2 Å². The molecule has 1 aliphatic rings. The fraction of sp³-hybridized carbons (Fsp3) is 0.333. The second kappa shape index (κ2) is 7.38. The standard InChI is InChI=1S/C18H19N3O5/c1-12(22)26-11-17(23)20-8-5-9-21(20)18(24)15-10-16(25-2)13-6-3-4-7-14(13)19-15/h3-4,6-7,10H,5,8-9,11H2,1-2H3. The maximum atomic E-state index is 12.9. The Hall–Kier alpha value is -3.16. The molecule has 8 heteroatoms. The van der Waals surface area contributed by atoms with Gasteiger partial charge in [-0.25, -0.2) is 15.0 Å². The highest BCUT2D eigenvalue weighted by atomic mass is 16.5. The number of methoxy groups -OCH3 is 1. The number of fused-ring (bicyclic) bond motifs is 1. The number of amides is 2. The molecular weight excluding hydrogens is 338 g/mol. The number of nitrogens with zero attached hydrogens (tertiary/aromatic N) is 3. The summed E-state index contributed by atoms with van der Waals surface area (Å²) in [6.45, 7) is 1.61. The number of hydrazine groups is 1. The van der Waals surface area contributed by atoms with Crippen LogP contribution in [-0.4, -0.2) is 59.6 Å². The summed E-state index contributed by atoms with van der Waals surface area (Å²) in [5.41, 5.74) is 0.819. The lowest BCUT2D eigenvalue weighted by Crippen LogP contribution is -2.46. The summed E-state index contributed by atoms with van der Waals surface area (Å²) in [4.78, 5) is 40.5. The van der Waals surface area contributed by atoms with Gasteiger partial charge >= 0.3 is 5.97 Å². The van der Waals surface area contributed by atoms with E-state index < -0.39 is 24.4 Å². The first kappa shape index (κ1) is 17.7. The second-order valence-corrected chi connectivity index (χ2v) is 5.81. The maximum absolute atomic E-state index is 12.9. The Balaban J connectivity index is 1.87. The molecule has 2 heterocycles. The van der Waals surface area contributed by atoms with Gasteiger partial charge < -0.3 is 9.47 Å². The van der Waals surface area contributed by atoms with Crippen LogP contribution in [0, 0.1) is 0 Å². The highest BCUT2D eigenvalue weighted by Crippen LogP contribution is 2.26. The molecule has 1 fully saturated rings. The molecule has 1 saturated heterocycles. The van der Waals surface area contributed by atoms with E-state index in [0.29, 0.717) is 30.8 Å². The van der Waals surface area contributed by atoms with E-state index in [-0.39, 0.29) is 5.69 Å². The number of ether oxygens (including phenoxy) is 2. The molecule has 26 heavy (non-hydrogen) atoms. The monoisotopic (exact) mass is 357 g/mol. The predicted octanol–water partition coefficient (Wildman–Crippen LogP) is 1.40. The van der Waals surface area contributed by atoms with E-state index in [1.165, 1.54) is 24.1 Å². The topological polar surface area (TPSA) is 89.0 Å². The van der Waals surface area contributed by atoms with E-state index in [1.54, 1.807) is 12.1 Å². The van der Waals surface area contributed by atoms with Gasteiger partial charge in [-0.3, -0.25) is 14.4 Å². The molecule has 2 aromatic rings. The van der Waals surface area contributed by atoms with Crippen LogP contribution in [0.2, 0.25) is 0 Å². The lowest BCUT2D eigenvalue weighted by Gasteiger charge is -2.27. The first-order chi connectivity index (χ1) is 12.5. The largest absolute Gasteiger partial charge is 0.496 e. The fourth-order valence-electron chi connectivity index (χ4n) is 2.87. The van der Waals surface area contributed by atoms with Crippen LogP contribution in [0.5, 0.6) is 5.75 Å². The van der Waals surface area contributed by atoms with E-state index in [2.05, 4.69) is 4.98 Å². The number of carbonyl (C=O) groups is 3. The van der Waals surface area contributed by atoms with Crippen LogP contribution in [0.4, 0.5) is 0 Å². The van der Waals surface area contributed by atoms with E-state index in [0.717, 1.165) is 5.39 Å². The third kappa shape index (κ3) is 3.44. The predicted molar refractivity (Wildman–Crippen MR) is 92.3 cm³/mol. The van der Waals surface area contributed by atoms with Gasteiger partial charge in [0.1, 0.15) is 11.4 Å². The number of hydrogen-bond acceptors (Lipinski definition) is 6. The average Bonchev–Trinajstić information content (AvgIpc) is 3.14. The highest BCUT2D eigenvalue weighted by Gasteiger charge is 2.32. The van der Waals surface area contributed by atoms with Crippen molar-refractivity contribution in [2.24, 2.45) is 0 Å². The molecule has 3 rings (SSSR count). The Morgan fingerprint density at radius 3 is 2.62 bits per heavy atom. The molecule has 0 N–H and O–H groups in total. The van der Waals surface area contributed by atoms with Gasteiger partial charge in [0.15, 0.2) is 6.61 Å². The zero-order chi connectivity index (χ0) is 18.7. The van der Waals surface area contributed by atoms with Gasteiger partial charge in [0, 0.05) is 31.5 Å². The van der Waals surface area contributed by atoms with Crippen LogP contribution in [0.25, 0.3) is 10.9 Å². The number of para-hydroxylation sites is 1. The van der Waals surface area contributed by atoms with Crippen LogP contribution < -0.4 is 4.74 Å². The van der Waals surface area contributed by atoms with Gasteiger partial charge in [0.25, 0.3) is 11.8 Å². The Morgan fingerprint density at radius 1 is 1.15 bits per heavy atom. The summed E-state index contributed by atoms with van der Waals surface area (Å²) < 4.78 is 10.1. The summed E-state index contributed by atoms with van der Waals surface area (Å²) in [7, 11) is 1.53. The van der Waals surface area contributed by atoms with Crippen LogP contribution in [-0.2, 0) is 14.3 Å². The number of rotatable bonds is 4. The minimum absolute atomic E-state index is 0.188. The van der Waals surface area contributed by atoms with Crippen molar-refractivity contribution in [2.45, 2.75) is 13.3 Å². The number of pyridine rings is 1. The van der Waals surface area contributed by atoms with Gasteiger partial charge in [-0.15, -0.1) is 0 Å². The summed E-state index contributed by atoms with van der Waals surface area (Å²) >= 11 is 0. The minimum atomic E-state index is -0.545. The molecule has 2 amide bonds. The maximum Gasteiger partial charge on any atom is 0.303 e. The number of carbonyl (C=O) groups excluding carboxylic acids is 3. The van der Waals surface area contributed by atoms with Crippen molar-refractivity contribution in [2.75, 3.05) is 26.8 Å². The van der Waals surface area contributed by atoms with E-state index >= 15 is 0 Å². The summed E-state index contributed by atoms with van der Waals surface area (Å²) in [6, 6.07) is 8.91. The Labute approximate surface area is 150 Å². The molecule has 0 radical (unpaired) electrons. The molecule has 0 bridgehead atoms. The summed E-state index contributed by atoms with van der Waals surface area (Å²) in [6.07, 6.45) is 0.641. The van der Waals surface area contributed by atoms with Crippen LogP contribution in [0.1, 0.15) is 23.8 Å². The van der Waals surface area contributed by atoms with Crippen molar-refractivity contribution in [1.29, 1.82) is 0 Å². The van der Waals surface area contributed by atoms with Crippen molar-refractivity contribution in [1.82, 2.24) is 15.0 Å². The van der Waals surface area contributed by atoms with Crippen molar-refractivity contribution < 1.29 is 23.9 Å². The number of hydrogen-bond donors (Lipinski definition) is 0. The van der Waals surface area contributed by atoms with E-state index in [4.69, 9.17) is 9.47 Å². The van der Waals surface area contributed by atoms with Gasteiger partial charge in [-0.05, 0) is 18.6 Å². The smallest absolute Gasteiger partial charge is 0.303 e. The molecule has 1 aliphatic heterocycles. The van der Waals surface area contributed by atoms with Gasteiger partial charge in [0.05, 0.1) is 12.6 Å². The molecule has 0 atom stereocenters. The summed E-state index contributed by atoms with van der Waals surface area (Å²) in [5.74, 6) is -0.853. The van der Waals surface area contributed by atoms with Gasteiger partial charge in [-0.1, -0.05) is 12.1 Å². The van der Waals surface area contributed by atoms with Gasteiger partial charge in [-0.2, -0.15) is 0 Å². The number of aromatic nitrogens is 1. The zero-order valence-electron chi connectivity index (χ0n) is 14.6. The Morgan fingerprint density at radius 2 is 1.88 bits per heavy atom.